The number of carbonyl (C=O) groups excluding carboxylic acids is 1. The maximum Gasteiger partial charge on any atom is 0.348 e. The van der Waals surface area contributed by atoms with Crippen molar-refractivity contribution in [2.45, 2.75) is 6.92 Å². The van der Waals surface area contributed by atoms with Crippen LogP contribution in [0.1, 0.15) is 16.6 Å². The Labute approximate surface area is 148 Å². The number of esters is 1. The number of carbonyl (C=O) groups is 1. The van der Waals surface area contributed by atoms with Crippen LogP contribution in [-0.4, -0.2) is 17.1 Å². The Kier molecular flexibility index (Phi) is 5.20. The number of nitrogens with zero attached hydrogens (tertiary/aromatic N) is 2. The number of ether oxygens (including phenoxy) is 1. The molecule has 126 valence electrons. The summed E-state index contributed by atoms with van der Waals surface area (Å²) >= 11 is 1.12. The minimum Gasteiger partial charge on any atom is -0.462 e. The standard InChI is InChI=1S/C19H16N2O3S/c1-2-24-18(23)16-13-17(22)21(15-11-7-4-8-12-15)19(25-16)20-14-9-5-3-6-10-14/h3-13H,2H2,1H3. The van der Waals surface area contributed by atoms with Gasteiger partial charge in [-0.25, -0.2) is 9.79 Å². The first-order valence-electron chi connectivity index (χ1n) is 7.78. The van der Waals surface area contributed by atoms with Crippen LogP contribution >= 0.6 is 11.3 Å². The molecule has 0 aliphatic carbocycles. The van der Waals surface area contributed by atoms with Crippen LogP contribution < -0.4 is 10.4 Å². The van der Waals surface area contributed by atoms with Gasteiger partial charge in [-0.3, -0.25) is 9.36 Å². The zero-order valence-corrected chi connectivity index (χ0v) is 14.4. The van der Waals surface area contributed by atoms with Gasteiger partial charge in [0.15, 0.2) is 4.80 Å². The second-order valence-corrected chi connectivity index (χ2v) is 6.08. The average Bonchev–Trinajstić information content (AvgIpc) is 2.63. The predicted molar refractivity (Wildman–Crippen MR) is 97.5 cm³/mol. The molecule has 0 aliphatic rings. The molecule has 0 aliphatic heterocycles. The molecule has 0 unspecified atom stereocenters. The van der Waals surface area contributed by atoms with E-state index in [0.29, 0.717) is 16.2 Å². The van der Waals surface area contributed by atoms with E-state index >= 15 is 0 Å². The lowest BCUT2D eigenvalue weighted by Gasteiger charge is -2.08. The van der Waals surface area contributed by atoms with Crippen LogP contribution in [0.15, 0.2) is 76.5 Å². The van der Waals surface area contributed by atoms with Crippen LogP contribution in [0, 0.1) is 0 Å². The summed E-state index contributed by atoms with van der Waals surface area (Å²) in [5, 5.41) is 0. The molecule has 1 heterocycles. The van der Waals surface area contributed by atoms with E-state index in [1.165, 1.54) is 10.6 Å². The molecule has 6 heteroatoms. The maximum absolute atomic E-state index is 12.7. The Bertz CT molecular complexity index is 992. The number of hydrogen-bond donors (Lipinski definition) is 0. The monoisotopic (exact) mass is 352 g/mol. The summed E-state index contributed by atoms with van der Waals surface area (Å²) in [4.78, 5) is 29.9. The Balaban J connectivity index is 2.26. The maximum atomic E-state index is 12.7. The molecule has 0 bridgehead atoms. The summed E-state index contributed by atoms with van der Waals surface area (Å²) in [5.41, 5.74) is 1.06. The van der Waals surface area contributed by atoms with Crippen molar-refractivity contribution in [1.29, 1.82) is 0 Å². The molecule has 0 fully saturated rings. The van der Waals surface area contributed by atoms with E-state index in [9.17, 15) is 9.59 Å². The Morgan fingerprint density at radius 2 is 1.72 bits per heavy atom. The van der Waals surface area contributed by atoms with E-state index in [2.05, 4.69) is 4.99 Å². The Morgan fingerprint density at radius 1 is 1.08 bits per heavy atom. The van der Waals surface area contributed by atoms with Crippen LogP contribution in [-0.2, 0) is 4.74 Å². The van der Waals surface area contributed by atoms with Crippen molar-refractivity contribution in [1.82, 2.24) is 4.57 Å². The second-order valence-electron chi connectivity index (χ2n) is 5.07. The minimum atomic E-state index is -0.519. The molecule has 1 aromatic heterocycles. The summed E-state index contributed by atoms with van der Waals surface area (Å²) < 4.78 is 6.50. The molecule has 3 aromatic rings. The van der Waals surface area contributed by atoms with Crippen LogP contribution in [0.2, 0.25) is 0 Å². The molecular formula is C19H16N2O3S. The minimum absolute atomic E-state index is 0.230. The van der Waals surface area contributed by atoms with Crippen molar-refractivity contribution in [2.75, 3.05) is 6.61 Å². The van der Waals surface area contributed by atoms with E-state index in [1.807, 2.05) is 60.7 Å². The third kappa shape index (κ3) is 3.92. The fourth-order valence-electron chi connectivity index (χ4n) is 2.25. The van der Waals surface area contributed by atoms with Gasteiger partial charge in [-0.15, -0.1) is 0 Å². The molecule has 5 nitrogen and oxygen atoms in total. The predicted octanol–water partition coefficient (Wildman–Crippen LogP) is 3.31. The van der Waals surface area contributed by atoms with Gasteiger partial charge in [0.1, 0.15) is 4.88 Å². The quantitative estimate of drug-likeness (QED) is 0.677. The number of benzene rings is 2. The second kappa shape index (κ2) is 7.72. The normalized spacial score (nSPS) is 11.3. The highest BCUT2D eigenvalue weighted by Crippen LogP contribution is 2.11. The summed E-state index contributed by atoms with van der Waals surface area (Å²) in [6, 6.07) is 19.8. The van der Waals surface area contributed by atoms with Gasteiger partial charge in [-0.05, 0) is 31.2 Å². The van der Waals surface area contributed by atoms with Crippen molar-refractivity contribution < 1.29 is 9.53 Å². The van der Waals surface area contributed by atoms with E-state index < -0.39 is 5.97 Å². The van der Waals surface area contributed by atoms with Crippen molar-refractivity contribution in [3.63, 3.8) is 0 Å². The topological polar surface area (TPSA) is 60.7 Å². The molecule has 25 heavy (non-hydrogen) atoms. The van der Waals surface area contributed by atoms with Crippen LogP contribution in [0.25, 0.3) is 5.69 Å². The van der Waals surface area contributed by atoms with E-state index in [0.717, 1.165) is 11.3 Å². The first-order chi connectivity index (χ1) is 12.2. The Hall–Kier alpha value is -2.99. The van der Waals surface area contributed by atoms with Crippen LogP contribution in [0.4, 0.5) is 5.69 Å². The fourth-order valence-corrected chi connectivity index (χ4v) is 3.18. The van der Waals surface area contributed by atoms with Crippen LogP contribution in [0.5, 0.6) is 0 Å². The zero-order valence-electron chi connectivity index (χ0n) is 13.6. The summed E-state index contributed by atoms with van der Waals surface area (Å²) in [5.74, 6) is -0.519. The van der Waals surface area contributed by atoms with E-state index in [4.69, 9.17) is 4.74 Å². The number of aromatic nitrogens is 1. The first-order valence-corrected chi connectivity index (χ1v) is 8.60. The van der Waals surface area contributed by atoms with Gasteiger partial charge in [-0.2, -0.15) is 0 Å². The summed E-state index contributed by atoms with van der Waals surface area (Å²) in [7, 11) is 0. The van der Waals surface area contributed by atoms with Crippen molar-refractivity contribution in [3.05, 3.63) is 86.8 Å². The molecular weight excluding hydrogens is 336 g/mol. The van der Waals surface area contributed by atoms with Gasteiger partial charge in [-0.1, -0.05) is 47.7 Å². The highest BCUT2D eigenvalue weighted by Gasteiger charge is 2.13. The number of rotatable bonds is 4. The van der Waals surface area contributed by atoms with Gasteiger partial charge >= 0.3 is 5.97 Å². The van der Waals surface area contributed by atoms with Crippen molar-refractivity contribution in [2.24, 2.45) is 4.99 Å². The average molecular weight is 352 g/mol. The fraction of sp³-hybridized carbons (Fsp3) is 0.105. The molecule has 0 saturated carbocycles. The molecule has 2 aromatic carbocycles. The third-order valence-corrected chi connectivity index (χ3v) is 4.30. The van der Waals surface area contributed by atoms with Crippen molar-refractivity contribution in [3.8, 4) is 5.69 Å². The van der Waals surface area contributed by atoms with Gasteiger partial charge in [0.25, 0.3) is 5.56 Å². The Morgan fingerprint density at radius 3 is 2.36 bits per heavy atom. The SMILES string of the molecule is CCOC(=O)c1cc(=O)n(-c2ccccc2)c(=Nc2ccccc2)s1. The van der Waals surface area contributed by atoms with Crippen molar-refractivity contribution >= 4 is 23.0 Å². The number of para-hydroxylation sites is 2. The summed E-state index contributed by atoms with van der Waals surface area (Å²) in [6.45, 7) is 1.97. The lowest BCUT2D eigenvalue weighted by Crippen LogP contribution is -2.31. The lowest BCUT2D eigenvalue weighted by atomic mass is 10.3. The van der Waals surface area contributed by atoms with E-state index in [-0.39, 0.29) is 17.0 Å². The molecule has 0 atom stereocenters. The largest absolute Gasteiger partial charge is 0.462 e. The molecule has 3 rings (SSSR count). The molecule has 0 saturated heterocycles. The van der Waals surface area contributed by atoms with E-state index in [1.54, 1.807) is 6.92 Å². The molecule has 0 N–H and O–H groups in total. The molecule has 0 amide bonds. The van der Waals surface area contributed by atoms with Gasteiger partial charge in [0.05, 0.1) is 18.0 Å². The smallest absolute Gasteiger partial charge is 0.348 e. The molecule has 0 radical (unpaired) electrons. The highest BCUT2D eigenvalue weighted by molar-refractivity contribution is 7.11. The first kappa shape index (κ1) is 16.9. The lowest BCUT2D eigenvalue weighted by molar-refractivity contribution is 0.0531. The van der Waals surface area contributed by atoms with Crippen LogP contribution in [0.3, 0.4) is 0 Å². The van der Waals surface area contributed by atoms with Gasteiger partial charge in [0, 0.05) is 6.07 Å². The highest BCUT2D eigenvalue weighted by atomic mass is 32.1. The third-order valence-electron chi connectivity index (χ3n) is 3.34. The van der Waals surface area contributed by atoms with Gasteiger partial charge in [0.2, 0.25) is 0 Å². The molecule has 0 spiro atoms. The zero-order chi connectivity index (χ0) is 17.6. The van der Waals surface area contributed by atoms with Gasteiger partial charge < -0.3 is 4.74 Å². The summed E-state index contributed by atoms with van der Waals surface area (Å²) in [6.07, 6.45) is 0. The number of hydrogen-bond acceptors (Lipinski definition) is 5.